The van der Waals surface area contributed by atoms with Crippen LogP contribution in [0.4, 0.5) is 10.1 Å². The van der Waals surface area contributed by atoms with E-state index in [4.69, 9.17) is 0 Å². The zero-order valence-corrected chi connectivity index (χ0v) is 14.8. The highest BCUT2D eigenvalue weighted by atomic mass is 32.2. The molecule has 1 aliphatic rings. The standard InChI is InChI=1S/C18H17FN2O4S/c1-12(22)20-17-15-11-13(19)7-8-16(15)21(18(17)23)9-10-26(24,25)14-5-3-2-4-6-14/h2-8,11,17H,9-10H2,1H3,(H,20,22). The van der Waals surface area contributed by atoms with E-state index in [2.05, 4.69) is 5.32 Å². The number of anilines is 1. The first-order chi connectivity index (χ1) is 12.3. The molecule has 6 nitrogen and oxygen atoms in total. The molecule has 3 rings (SSSR count). The van der Waals surface area contributed by atoms with Crippen molar-refractivity contribution in [1.29, 1.82) is 0 Å². The highest BCUT2D eigenvalue weighted by Crippen LogP contribution is 2.36. The van der Waals surface area contributed by atoms with Gasteiger partial charge in [0.1, 0.15) is 11.9 Å². The fourth-order valence-electron chi connectivity index (χ4n) is 2.94. The second-order valence-electron chi connectivity index (χ2n) is 5.96. The lowest BCUT2D eigenvalue weighted by Crippen LogP contribution is -2.38. The summed E-state index contributed by atoms with van der Waals surface area (Å²) in [5, 5.41) is 2.49. The van der Waals surface area contributed by atoms with Crippen LogP contribution in [0.25, 0.3) is 0 Å². The molecule has 1 heterocycles. The van der Waals surface area contributed by atoms with Crippen LogP contribution in [0.2, 0.25) is 0 Å². The van der Waals surface area contributed by atoms with Crippen LogP contribution in [0, 0.1) is 5.82 Å². The Labute approximate surface area is 150 Å². The monoisotopic (exact) mass is 376 g/mol. The summed E-state index contributed by atoms with van der Waals surface area (Å²) in [7, 11) is -3.58. The molecule has 0 aromatic heterocycles. The number of fused-ring (bicyclic) bond motifs is 1. The molecule has 8 heteroatoms. The molecule has 1 N–H and O–H groups in total. The molecule has 1 aliphatic heterocycles. The fraction of sp³-hybridized carbons (Fsp3) is 0.222. The number of nitrogens with zero attached hydrogens (tertiary/aromatic N) is 1. The topological polar surface area (TPSA) is 83.6 Å². The van der Waals surface area contributed by atoms with Crippen molar-refractivity contribution >= 4 is 27.3 Å². The number of sulfone groups is 1. The summed E-state index contributed by atoms with van der Waals surface area (Å²) in [6.07, 6.45) is 0. The van der Waals surface area contributed by atoms with Gasteiger partial charge in [0.15, 0.2) is 9.84 Å². The first-order valence-corrected chi connectivity index (χ1v) is 9.60. The van der Waals surface area contributed by atoms with E-state index in [-0.39, 0.29) is 17.2 Å². The minimum atomic E-state index is -3.58. The number of carbonyl (C=O) groups is 2. The molecule has 0 fully saturated rings. The summed E-state index contributed by atoms with van der Waals surface area (Å²) < 4.78 is 38.5. The van der Waals surface area contributed by atoms with Crippen LogP contribution in [0.1, 0.15) is 18.5 Å². The number of amides is 2. The molecule has 0 saturated carbocycles. The molecule has 0 radical (unpaired) electrons. The van der Waals surface area contributed by atoms with Crippen LogP contribution >= 0.6 is 0 Å². The second-order valence-corrected chi connectivity index (χ2v) is 8.07. The summed E-state index contributed by atoms with van der Waals surface area (Å²) in [6.45, 7) is 1.17. The quantitative estimate of drug-likeness (QED) is 0.863. The van der Waals surface area contributed by atoms with Crippen LogP contribution < -0.4 is 10.2 Å². The maximum atomic E-state index is 13.6. The molecule has 1 atom stereocenters. The highest BCUT2D eigenvalue weighted by molar-refractivity contribution is 7.91. The van der Waals surface area contributed by atoms with Gasteiger partial charge in [-0.05, 0) is 30.3 Å². The van der Waals surface area contributed by atoms with Crippen LogP contribution in [0.15, 0.2) is 53.4 Å². The van der Waals surface area contributed by atoms with E-state index in [0.717, 1.165) is 0 Å². The lowest BCUT2D eigenvalue weighted by atomic mass is 10.1. The Balaban J connectivity index is 1.87. The molecule has 2 aromatic rings. The molecule has 26 heavy (non-hydrogen) atoms. The van der Waals surface area contributed by atoms with Crippen molar-refractivity contribution < 1.29 is 22.4 Å². The van der Waals surface area contributed by atoms with Gasteiger partial charge < -0.3 is 10.2 Å². The Hall–Kier alpha value is -2.74. The van der Waals surface area contributed by atoms with Gasteiger partial charge in [-0.3, -0.25) is 9.59 Å². The second kappa shape index (κ2) is 6.87. The molecule has 2 aromatic carbocycles. The predicted octanol–water partition coefficient (Wildman–Crippen LogP) is 1.82. The summed E-state index contributed by atoms with van der Waals surface area (Å²) in [5.74, 6) is -1.74. The zero-order chi connectivity index (χ0) is 18.9. The van der Waals surface area contributed by atoms with Crippen LogP contribution in [-0.2, 0) is 19.4 Å². The van der Waals surface area contributed by atoms with Crippen molar-refractivity contribution in [3.8, 4) is 0 Å². The third-order valence-electron chi connectivity index (χ3n) is 4.14. The van der Waals surface area contributed by atoms with E-state index in [9.17, 15) is 22.4 Å². The van der Waals surface area contributed by atoms with Crippen molar-refractivity contribution in [2.75, 3.05) is 17.2 Å². The molecule has 0 saturated heterocycles. The molecular formula is C18H17FN2O4S. The number of hydrogen-bond acceptors (Lipinski definition) is 4. The van der Waals surface area contributed by atoms with E-state index >= 15 is 0 Å². The molecule has 0 spiro atoms. The lowest BCUT2D eigenvalue weighted by Gasteiger charge is -2.18. The number of benzene rings is 2. The number of nitrogens with one attached hydrogen (secondary N) is 1. The fourth-order valence-corrected chi connectivity index (χ4v) is 4.17. The maximum Gasteiger partial charge on any atom is 0.254 e. The first-order valence-electron chi connectivity index (χ1n) is 7.95. The molecular weight excluding hydrogens is 359 g/mol. The van der Waals surface area contributed by atoms with Crippen molar-refractivity contribution in [2.24, 2.45) is 0 Å². The van der Waals surface area contributed by atoms with Gasteiger partial charge in [-0.15, -0.1) is 0 Å². The molecule has 136 valence electrons. The van der Waals surface area contributed by atoms with Gasteiger partial charge in [-0.1, -0.05) is 18.2 Å². The smallest absolute Gasteiger partial charge is 0.254 e. The number of carbonyl (C=O) groups excluding carboxylic acids is 2. The van der Waals surface area contributed by atoms with Crippen molar-refractivity contribution in [1.82, 2.24) is 5.32 Å². The Morgan fingerprint density at radius 1 is 1.19 bits per heavy atom. The molecule has 0 aliphatic carbocycles. The Bertz CT molecular complexity index is 960. The molecule has 1 unspecified atom stereocenters. The maximum absolute atomic E-state index is 13.6. The van der Waals surface area contributed by atoms with Gasteiger partial charge in [0.25, 0.3) is 5.91 Å². The third-order valence-corrected chi connectivity index (χ3v) is 5.85. The third kappa shape index (κ3) is 3.45. The number of rotatable bonds is 5. The van der Waals surface area contributed by atoms with E-state index in [1.165, 1.54) is 42.2 Å². The van der Waals surface area contributed by atoms with E-state index in [1.54, 1.807) is 18.2 Å². The van der Waals surface area contributed by atoms with Gasteiger partial charge in [0, 0.05) is 24.7 Å². The largest absolute Gasteiger partial charge is 0.341 e. The van der Waals surface area contributed by atoms with Gasteiger partial charge >= 0.3 is 0 Å². The first kappa shape index (κ1) is 18.1. The number of halogens is 1. The minimum absolute atomic E-state index is 0.0925. The van der Waals surface area contributed by atoms with E-state index < -0.39 is 33.5 Å². The normalized spacial score (nSPS) is 16.5. The van der Waals surface area contributed by atoms with Crippen LogP contribution in [0.3, 0.4) is 0 Å². The molecule has 0 bridgehead atoms. The summed E-state index contributed by atoms with van der Waals surface area (Å²) in [5.41, 5.74) is 0.723. The van der Waals surface area contributed by atoms with E-state index in [0.29, 0.717) is 11.3 Å². The molecule has 2 amide bonds. The number of hydrogen-bond donors (Lipinski definition) is 1. The van der Waals surface area contributed by atoms with Gasteiger partial charge in [-0.25, -0.2) is 12.8 Å². The SMILES string of the molecule is CC(=O)NC1C(=O)N(CCS(=O)(=O)c2ccccc2)c2ccc(F)cc21. The highest BCUT2D eigenvalue weighted by Gasteiger charge is 2.38. The van der Waals surface area contributed by atoms with Crippen molar-refractivity contribution in [3.63, 3.8) is 0 Å². The predicted molar refractivity (Wildman–Crippen MR) is 93.8 cm³/mol. The van der Waals surface area contributed by atoms with E-state index in [1.807, 2.05) is 0 Å². The van der Waals surface area contributed by atoms with Crippen LogP contribution in [0.5, 0.6) is 0 Å². The average molecular weight is 376 g/mol. The average Bonchev–Trinajstić information content (AvgIpc) is 2.85. The minimum Gasteiger partial charge on any atom is -0.341 e. The van der Waals surface area contributed by atoms with Gasteiger partial charge in [0.05, 0.1) is 10.6 Å². The Kier molecular flexibility index (Phi) is 4.78. The Morgan fingerprint density at radius 3 is 2.54 bits per heavy atom. The summed E-state index contributed by atoms with van der Waals surface area (Å²) >= 11 is 0. The van der Waals surface area contributed by atoms with Crippen molar-refractivity contribution in [3.05, 3.63) is 59.9 Å². The zero-order valence-electron chi connectivity index (χ0n) is 14.0. The lowest BCUT2D eigenvalue weighted by molar-refractivity contribution is -0.126. The van der Waals surface area contributed by atoms with Crippen LogP contribution in [-0.4, -0.2) is 32.5 Å². The Morgan fingerprint density at radius 2 is 1.88 bits per heavy atom. The van der Waals surface area contributed by atoms with Gasteiger partial charge in [-0.2, -0.15) is 0 Å². The summed E-state index contributed by atoms with van der Waals surface area (Å²) in [6, 6.07) is 10.7. The summed E-state index contributed by atoms with van der Waals surface area (Å²) in [4.78, 5) is 25.5. The van der Waals surface area contributed by atoms with Crippen molar-refractivity contribution in [2.45, 2.75) is 17.9 Å². The van der Waals surface area contributed by atoms with Gasteiger partial charge in [0.2, 0.25) is 5.91 Å².